The molecule has 1 aliphatic rings. The van der Waals surface area contributed by atoms with E-state index in [1.54, 1.807) is 12.1 Å². The molecular weight excluding hydrogens is 354 g/mol. The Labute approximate surface area is 155 Å². The molecule has 4 rings (SSSR count). The fourth-order valence-corrected chi connectivity index (χ4v) is 3.28. The van der Waals surface area contributed by atoms with E-state index in [1.165, 1.54) is 0 Å². The normalized spacial score (nSPS) is 14.2. The van der Waals surface area contributed by atoms with E-state index >= 15 is 0 Å². The summed E-state index contributed by atoms with van der Waals surface area (Å²) in [6.45, 7) is 2.84. The number of amides is 1. The van der Waals surface area contributed by atoms with Gasteiger partial charge in [0, 0.05) is 0 Å². The number of benzene rings is 2. The first kappa shape index (κ1) is 16.7. The molecule has 0 saturated carbocycles. The zero-order chi connectivity index (χ0) is 18.1. The first-order valence-electron chi connectivity index (χ1n) is 8.42. The second-order valence-electron chi connectivity index (χ2n) is 6.21. The number of nitrogens with one attached hydrogen (secondary N) is 2. The molecule has 0 saturated heterocycles. The van der Waals surface area contributed by atoms with Crippen LogP contribution in [-0.2, 0) is 11.2 Å². The minimum absolute atomic E-state index is 0.120. The number of carbonyl (C=O) groups is 1. The SMILES string of the molecule is C[C@H](NC(=O)Cc1cc(Cl)c2c(c1)OCCO2)c1nc2ccccc2[nH]1. The quantitative estimate of drug-likeness (QED) is 0.736. The molecule has 26 heavy (non-hydrogen) atoms. The predicted octanol–water partition coefficient (Wildman–Crippen LogP) is 3.41. The maximum Gasteiger partial charge on any atom is 0.225 e. The number of rotatable bonds is 4. The number of ether oxygens (including phenoxy) is 2. The van der Waals surface area contributed by atoms with Crippen molar-refractivity contribution in [3.63, 3.8) is 0 Å². The van der Waals surface area contributed by atoms with Gasteiger partial charge in [0.15, 0.2) is 11.5 Å². The van der Waals surface area contributed by atoms with E-state index in [0.717, 1.165) is 22.4 Å². The van der Waals surface area contributed by atoms with E-state index in [-0.39, 0.29) is 18.4 Å². The molecule has 2 aromatic carbocycles. The lowest BCUT2D eigenvalue weighted by Crippen LogP contribution is -2.28. The number of hydrogen-bond donors (Lipinski definition) is 2. The molecule has 1 aromatic heterocycles. The van der Waals surface area contributed by atoms with Crippen LogP contribution in [0.4, 0.5) is 0 Å². The summed E-state index contributed by atoms with van der Waals surface area (Å²) in [5.74, 6) is 1.72. The summed E-state index contributed by atoms with van der Waals surface area (Å²) in [5, 5.41) is 3.41. The van der Waals surface area contributed by atoms with E-state index in [4.69, 9.17) is 21.1 Å². The largest absolute Gasteiger partial charge is 0.486 e. The van der Waals surface area contributed by atoms with Gasteiger partial charge in [-0.15, -0.1) is 0 Å². The van der Waals surface area contributed by atoms with Crippen LogP contribution in [0.3, 0.4) is 0 Å². The molecule has 1 amide bonds. The van der Waals surface area contributed by atoms with Gasteiger partial charge in [-0.2, -0.15) is 0 Å². The zero-order valence-electron chi connectivity index (χ0n) is 14.2. The van der Waals surface area contributed by atoms with Crippen molar-refractivity contribution in [2.45, 2.75) is 19.4 Å². The summed E-state index contributed by atoms with van der Waals surface area (Å²) in [6, 6.07) is 11.1. The molecule has 1 aliphatic heterocycles. The van der Waals surface area contributed by atoms with Gasteiger partial charge in [0.1, 0.15) is 19.0 Å². The molecule has 0 spiro atoms. The van der Waals surface area contributed by atoms with Crippen molar-refractivity contribution in [2.24, 2.45) is 0 Å². The van der Waals surface area contributed by atoms with Gasteiger partial charge < -0.3 is 19.8 Å². The molecule has 0 fully saturated rings. The predicted molar refractivity (Wildman–Crippen MR) is 98.8 cm³/mol. The smallest absolute Gasteiger partial charge is 0.225 e. The number of fused-ring (bicyclic) bond motifs is 2. The standard InChI is InChI=1S/C19H18ClN3O3/c1-11(19-22-14-4-2-3-5-15(14)23-19)21-17(24)10-12-8-13(20)18-16(9-12)25-6-7-26-18/h2-5,8-9,11H,6-7,10H2,1H3,(H,21,24)(H,22,23)/t11-/m0/s1. The van der Waals surface area contributed by atoms with E-state index in [1.807, 2.05) is 31.2 Å². The molecule has 134 valence electrons. The highest BCUT2D eigenvalue weighted by molar-refractivity contribution is 6.32. The van der Waals surface area contributed by atoms with E-state index in [2.05, 4.69) is 15.3 Å². The summed E-state index contributed by atoms with van der Waals surface area (Å²) in [7, 11) is 0. The average Bonchev–Trinajstić information content (AvgIpc) is 3.06. The summed E-state index contributed by atoms with van der Waals surface area (Å²) in [4.78, 5) is 20.2. The van der Waals surface area contributed by atoms with Gasteiger partial charge in [0.25, 0.3) is 0 Å². The van der Waals surface area contributed by atoms with Crippen LogP contribution >= 0.6 is 11.6 Å². The molecule has 0 unspecified atom stereocenters. The molecule has 0 aliphatic carbocycles. The van der Waals surface area contributed by atoms with Crippen molar-refractivity contribution in [3.8, 4) is 11.5 Å². The van der Waals surface area contributed by atoms with Crippen molar-refractivity contribution < 1.29 is 14.3 Å². The highest BCUT2D eigenvalue weighted by Gasteiger charge is 2.19. The number of para-hydroxylation sites is 2. The Balaban J connectivity index is 1.46. The molecule has 0 bridgehead atoms. The number of nitrogens with zero attached hydrogens (tertiary/aromatic N) is 1. The molecule has 2 N–H and O–H groups in total. The number of imidazole rings is 1. The Kier molecular flexibility index (Phi) is 4.42. The summed E-state index contributed by atoms with van der Waals surface area (Å²) in [5.41, 5.74) is 2.60. The summed E-state index contributed by atoms with van der Waals surface area (Å²) >= 11 is 6.23. The Bertz CT molecular complexity index is 937. The van der Waals surface area contributed by atoms with E-state index in [0.29, 0.717) is 29.7 Å². The molecule has 0 radical (unpaired) electrons. The first-order valence-corrected chi connectivity index (χ1v) is 8.80. The second kappa shape index (κ2) is 6.88. The minimum Gasteiger partial charge on any atom is -0.486 e. The van der Waals surface area contributed by atoms with Gasteiger partial charge in [-0.25, -0.2) is 4.98 Å². The number of aromatic nitrogens is 2. The monoisotopic (exact) mass is 371 g/mol. The van der Waals surface area contributed by atoms with Crippen LogP contribution in [0.15, 0.2) is 36.4 Å². The molecule has 1 atom stereocenters. The Morgan fingerprint density at radius 2 is 2.12 bits per heavy atom. The van der Waals surface area contributed by atoms with Crippen LogP contribution in [0.5, 0.6) is 11.5 Å². The summed E-state index contributed by atoms with van der Waals surface area (Å²) in [6.07, 6.45) is 0.195. The Hall–Kier alpha value is -2.73. The Morgan fingerprint density at radius 1 is 1.31 bits per heavy atom. The van der Waals surface area contributed by atoms with Crippen molar-refractivity contribution in [2.75, 3.05) is 13.2 Å². The van der Waals surface area contributed by atoms with E-state index < -0.39 is 0 Å². The van der Waals surface area contributed by atoms with Gasteiger partial charge in [-0.1, -0.05) is 23.7 Å². The second-order valence-corrected chi connectivity index (χ2v) is 6.61. The number of hydrogen-bond acceptors (Lipinski definition) is 4. The van der Waals surface area contributed by atoms with Gasteiger partial charge in [-0.3, -0.25) is 4.79 Å². The zero-order valence-corrected chi connectivity index (χ0v) is 15.0. The van der Waals surface area contributed by atoms with Crippen molar-refractivity contribution in [1.29, 1.82) is 0 Å². The third-order valence-corrected chi connectivity index (χ3v) is 4.50. The fourth-order valence-electron chi connectivity index (χ4n) is 2.99. The lowest BCUT2D eigenvalue weighted by Gasteiger charge is -2.20. The topological polar surface area (TPSA) is 76.2 Å². The Morgan fingerprint density at radius 3 is 2.96 bits per heavy atom. The van der Waals surface area contributed by atoms with Crippen LogP contribution in [-0.4, -0.2) is 29.1 Å². The van der Waals surface area contributed by atoms with Crippen LogP contribution in [0.1, 0.15) is 24.4 Å². The van der Waals surface area contributed by atoms with Crippen LogP contribution in [0, 0.1) is 0 Å². The molecule has 3 aromatic rings. The number of H-pyrrole nitrogens is 1. The van der Waals surface area contributed by atoms with Crippen LogP contribution < -0.4 is 14.8 Å². The molecule has 2 heterocycles. The average molecular weight is 372 g/mol. The van der Waals surface area contributed by atoms with Gasteiger partial charge in [0.2, 0.25) is 5.91 Å². The third kappa shape index (κ3) is 3.32. The van der Waals surface area contributed by atoms with Gasteiger partial charge in [0.05, 0.1) is 28.5 Å². The van der Waals surface area contributed by atoms with Gasteiger partial charge >= 0.3 is 0 Å². The number of halogens is 1. The fraction of sp³-hybridized carbons (Fsp3) is 0.263. The van der Waals surface area contributed by atoms with Crippen molar-refractivity contribution >= 4 is 28.5 Å². The first-order chi connectivity index (χ1) is 12.6. The van der Waals surface area contributed by atoms with Crippen molar-refractivity contribution in [3.05, 3.63) is 52.8 Å². The minimum atomic E-state index is -0.234. The van der Waals surface area contributed by atoms with Crippen molar-refractivity contribution in [1.82, 2.24) is 15.3 Å². The molecule has 6 nitrogen and oxygen atoms in total. The highest BCUT2D eigenvalue weighted by atomic mass is 35.5. The third-order valence-electron chi connectivity index (χ3n) is 4.22. The molecular formula is C19H18ClN3O3. The van der Waals surface area contributed by atoms with E-state index in [9.17, 15) is 4.79 Å². The number of carbonyl (C=O) groups excluding carboxylic acids is 1. The lowest BCUT2D eigenvalue weighted by molar-refractivity contribution is -0.121. The maximum absolute atomic E-state index is 12.4. The number of aromatic amines is 1. The summed E-state index contributed by atoms with van der Waals surface area (Å²) < 4.78 is 11.0. The highest BCUT2D eigenvalue weighted by Crippen LogP contribution is 2.38. The maximum atomic E-state index is 12.4. The van der Waals surface area contributed by atoms with Gasteiger partial charge in [-0.05, 0) is 36.8 Å². The molecule has 7 heteroatoms. The van der Waals surface area contributed by atoms with Crippen LogP contribution in [0.2, 0.25) is 5.02 Å². The lowest BCUT2D eigenvalue weighted by atomic mass is 10.1. The van der Waals surface area contributed by atoms with Crippen LogP contribution in [0.25, 0.3) is 11.0 Å².